The van der Waals surface area contributed by atoms with Gasteiger partial charge in [0.2, 0.25) is 0 Å². The van der Waals surface area contributed by atoms with E-state index in [1.165, 1.54) is 0 Å². The Balaban J connectivity index is 1.63. The SMILES string of the molecule is CN(C)c1ccc(C2/C(=C(/O)c3ccc4c(c3)CCO4)C(=O)C(=O)N2C2CCCCC2)cc1. The molecule has 1 saturated heterocycles. The quantitative estimate of drug-likeness (QED) is 0.427. The lowest BCUT2D eigenvalue weighted by molar-refractivity contribution is -0.141. The van der Waals surface area contributed by atoms with E-state index in [1.807, 2.05) is 55.4 Å². The summed E-state index contributed by atoms with van der Waals surface area (Å²) in [6, 6.07) is 12.8. The van der Waals surface area contributed by atoms with Gasteiger partial charge in [0.15, 0.2) is 0 Å². The average molecular weight is 447 g/mol. The molecule has 1 atom stereocenters. The van der Waals surface area contributed by atoms with Crippen molar-refractivity contribution < 1.29 is 19.4 Å². The third-order valence-electron chi connectivity index (χ3n) is 7.14. The molecular formula is C27H30N2O4. The van der Waals surface area contributed by atoms with Crippen molar-refractivity contribution in [2.45, 2.75) is 50.6 Å². The van der Waals surface area contributed by atoms with Crippen molar-refractivity contribution in [1.82, 2.24) is 4.90 Å². The Morgan fingerprint density at radius 1 is 1.03 bits per heavy atom. The van der Waals surface area contributed by atoms with Gasteiger partial charge in [0, 0.05) is 37.8 Å². The summed E-state index contributed by atoms with van der Waals surface area (Å²) < 4.78 is 5.58. The van der Waals surface area contributed by atoms with Gasteiger partial charge in [-0.3, -0.25) is 9.59 Å². The van der Waals surface area contributed by atoms with Crippen LogP contribution >= 0.6 is 0 Å². The zero-order valence-corrected chi connectivity index (χ0v) is 19.2. The fraction of sp³-hybridized carbons (Fsp3) is 0.407. The van der Waals surface area contributed by atoms with E-state index in [4.69, 9.17) is 4.74 Å². The number of ketones is 1. The largest absolute Gasteiger partial charge is 0.507 e. The van der Waals surface area contributed by atoms with Gasteiger partial charge in [-0.05, 0) is 54.3 Å². The first-order valence-corrected chi connectivity index (χ1v) is 11.8. The lowest BCUT2D eigenvalue weighted by atomic mass is 9.90. The topological polar surface area (TPSA) is 70.1 Å². The molecule has 3 aliphatic rings. The van der Waals surface area contributed by atoms with Gasteiger partial charge in [-0.2, -0.15) is 0 Å². The van der Waals surface area contributed by atoms with Crippen LogP contribution in [0.25, 0.3) is 5.76 Å². The number of benzene rings is 2. The Kier molecular flexibility index (Phi) is 5.60. The zero-order chi connectivity index (χ0) is 23.1. The maximum Gasteiger partial charge on any atom is 0.295 e. The van der Waals surface area contributed by atoms with Crippen molar-refractivity contribution in [2.75, 3.05) is 25.6 Å². The highest BCUT2D eigenvalue weighted by molar-refractivity contribution is 6.46. The molecule has 1 N–H and O–H groups in total. The van der Waals surface area contributed by atoms with Gasteiger partial charge < -0.3 is 19.6 Å². The van der Waals surface area contributed by atoms with E-state index in [9.17, 15) is 14.7 Å². The zero-order valence-electron chi connectivity index (χ0n) is 19.2. The average Bonchev–Trinajstić information content (AvgIpc) is 3.41. The van der Waals surface area contributed by atoms with Crippen molar-refractivity contribution in [3.63, 3.8) is 0 Å². The number of aliphatic hydroxyl groups is 1. The van der Waals surface area contributed by atoms with E-state index in [0.717, 1.165) is 61.1 Å². The molecule has 1 saturated carbocycles. The number of amides is 1. The first-order chi connectivity index (χ1) is 16.0. The molecule has 0 radical (unpaired) electrons. The molecule has 0 bridgehead atoms. The summed E-state index contributed by atoms with van der Waals surface area (Å²) >= 11 is 0. The molecule has 172 valence electrons. The van der Waals surface area contributed by atoms with Crippen LogP contribution in [0.5, 0.6) is 5.75 Å². The second kappa shape index (κ2) is 8.58. The van der Waals surface area contributed by atoms with E-state index in [0.29, 0.717) is 12.2 Å². The number of Topliss-reactive ketones (excluding diaryl/α,β-unsaturated/α-hetero) is 1. The van der Waals surface area contributed by atoms with Crippen LogP contribution in [-0.4, -0.2) is 48.4 Å². The summed E-state index contributed by atoms with van der Waals surface area (Å²) in [5.41, 5.74) is 3.62. The fourth-order valence-corrected chi connectivity index (χ4v) is 5.36. The second-order valence-electron chi connectivity index (χ2n) is 9.41. The first kappa shape index (κ1) is 21.6. The van der Waals surface area contributed by atoms with Crippen LogP contribution in [0.4, 0.5) is 5.69 Å². The summed E-state index contributed by atoms with van der Waals surface area (Å²) in [5, 5.41) is 11.4. The van der Waals surface area contributed by atoms with Crippen LogP contribution in [0.2, 0.25) is 0 Å². The van der Waals surface area contributed by atoms with E-state index >= 15 is 0 Å². The van der Waals surface area contributed by atoms with Crippen LogP contribution in [0.3, 0.4) is 0 Å². The Morgan fingerprint density at radius 2 is 1.76 bits per heavy atom. The number of likely N-dealkylation sites (tertiary alicyclic amines) is 1. The molecule has 1 amide bonds. The molecular weight excluding hydrogens is 416 g/mol. The smallest absolute Gasteiger partial charge is 0.295 e. The first-order valence-electron chi connectivity index (χ1n) is 11.8. The highest BCUT2D eigenvalue weighted by atomic mass is 16.5. The third-order valence-corrected chi connectivity index (χ3v) is 7.14. The number of carbonyl (C=O) groups is 2. The van der Waals surface area contributed by atoms with E-state index in [-0.39, 0.29) is 17.4 Å². The lowest BCUT2D eigenvalue weighted by Crippen LogP contribution is -2.40. The van der Waals surface area contributed by atoms with Gasteiger partial charge in [0.25, 0.3) is 11.7 Å². The molecule has 0 spiro atoms. The number of rotatable bonds is 4. The molecule has 2 fully saturated rings. The van der Waals surface area contributed by atoms with Gasteiger partial charge in [-0.1, -0.05) is 31.4 Å². The van der Waals surface area contributed by atoms with Crippen molar-refractivity contribution in [1.29, 1.82) is 0 Å². The van der Waals surface area contributed by atoms with Crippen molar-refractivity contribution in [3.8, 4) is 5.75 Å². The predicted molar refractivity (Wildman–Crippen MR) is 127 cm³/mol. The minimum absolute atomic E-state index is 0.00689. The van der Waals surface area contributed by atoms with Crippen molar-refractivity contribution in [2.24, 2.45) is 0 Å². The van der Waals surface area contributed by atoms with Crippen molar-refractivity contribution >= 4 is 23.1 Å². The molecule has 6 nitrogen and oxygen atoms in total. The number of hydrogen-bond donors (Lipinski definition) is 1. The molecule has 2 aliphatic heterocycles. The highest BCUT2D eigenvalue weighted by Gasteiger charge is 2.48. The summed E-state index contributed by atoms with van der Waals surface area (Å²) in [5.74, 6) is -0.404. The molecule has 5 rings (SSSR count). The number of fused-ring (bicyclic) bond motifs is 1. The van der Waals surface area contributed by atoms with E-state index in [2.05, 4.69) is 0 Å². The summed E-state index contributed by atoms with van der Waals surface area (Å²) in [6.45, 7) is 0.615. The number of carbonyl (C=O) groups excluding carboxylic acids is 2. The highest BCUT2D eigenvalue weighted by Crippen LogP contribution is 2.43. The Morgan fingerprint density at radius 3 is 2.45 bits per heavy atom. The Hall–Kier alpha value is -3.28. The van der Waals surface area contributed by atoms with Gasteiger partial charge in [0.1, 0.15) is 11.5 Å². The molecule has 6 heteroatoms. The predicted octanol–water partition coefficient (Wildman–Crippen LogP) is 4.44. The van der Waals surface area contributed by atoms with E-state index < -0.39 is 17.7 Å². The number of aliphatic hydroxyl groups excluding tert-OH is 1. The Bertz CT molecular complexity index is 1110. The van der Waals surface area contributed by atoms with Crippen LogP contribution in [0.1, 0.15) is 54.8 Å². The number of hydrogen-bond acceptors (Lipinski definition) is 5. The molecule has 33 heavy (non-hydrogen) atoms. The lowest BCUT2D eigenvalue weighted by Gasteiger charge is -2.35. The summed E-state index contributed by atoms with van der Waals surface area (Å²) in [7, 11) is 3.95. The summed E-state index contributed by atoms with van der Waals surface area (Å²) in [4.78, 5) is 30.4. The molecule has 2 aromatic rings. The minimum Gasteiger partial charge on any atom is -0.507 e. The van der Waals surface area contributed by atoms with Crippen molar-refractivity contribution in [3.05, 3.63) is 64.7 Å². The second-order valence-corrected chi connectivity index (χ2v) is 9.41. The Labute approximate surface area is 194 Å². The molecule has 2 heterocycles. The number of nitrogens with zero attached hydrogens (tertiary/aromatic N) is 2. The third kappa shape index (κ3) is 3.77. The van der Waals surface area contributed by atoms with Gasteiger partial charge in [-0.15, -0.1) is 0 Å². The number of ether oxygens (including phenoxy) is 1. The molecule has 1 unspecified atom stereocenters. The number of anilines is 1. The monoisotopic (exact) mass is 446 g/mol. The van der Waals surface area contributed by atoms with Gasteiger partial charge in [-0.25, -0.2) is 0 Å². The molecule has 2 aromatic carbocycles. The molecule has 1 aliphatic carbocycles. The standard InChI is InChI=1S/C27H30N2O4/c1-28(2)20-11-8-17(9-12-20)24-23(25(30)19-10-13-22-18(16-19)14-15-33-22)26(31)27(32)29(24)21-6-4-3-5-7-21/h8-13,16,21,24,30H,3-7,14-15H2,1-2H3/b25-23-. The minimum atomic E-state index is -0.600. The maximum absolute atomic E-state index is 13.3. The fourth-order valence-electron chi connectivity index (χ4n) is 5.36. The van der Waals surface area contributed by atoms with Gasteiger partial charge >= 0.3 is 0 Å². The summed E-state index contributed by atoms with van der Waals surface area (Å²) in [6.07, 6.45) is 5.78. The molecule has 0 aromatic heterocycles. The van der Waals surface area contributed by atoms with Crippen LogP contribution in [0, 0.1) is 0 Å². The van der Waals surface area contributed by atoms with Crippen LogP contribution in [-0.2, 0) is 16.0 Å². The maximum atomic E-state index is 13.3. The van der Waals surface area contributed by atoms with Crippen LogP contribution < -0.4 is 9.64 Å². The van der Waals surface area contributed by atoms with Gasteiger partial charge in [0.05, 0.1) is 18.2 Å². The van der Waals surface area contributed by atoms with Crippen LogP contribution in [0.15, 0.2) is 48.0 Å². The van der Waals surface area contributed by atoms with E-state index in [1.54, 1.807) is 11.0 Å². The normalized spacial score (nSPS) is 22.4.